The van der Waals surface area contributed by atoms with Crippen molar-refractivity contribution in [3.8, 4) is 0 Å². The Labute approximate surface area is 110 Å². The normalized spacial score (nSPS) is 10.9. The third kappa shape index (κ3) is 3.26. The van der Waals surface area contributed by atoms with Crippen molar-refractivity contribution < 1.29 is 9.90 Å². The van der Waals surface area contributed by atoms with Gasteiger partial charge in [-0.1, -0.05) is 13.0 Å². The van der Waals surface area contributed by atoms with Gasteiger partial charge >= 0.3 is 5.97 Å². The third-order valence-electron chi connectivity index (χ3n) is 2.70. The second-order valence-electron chi connectivity index (χ2n) is 4.08. The minimum absolute atomic E-state index is 0.199. The minimum atomic E-state index is -0.750. The molecule has 0 unspecified atom stereocenters. The summed E-state index contributed by atoms with van der Waals surface area (Å²) >= 11 is 1.59. The molecule has 18 heavy (non-hydrogen) atoms. The van der Waals surface area contributed by atoms with Crippen molar-refractivity contribution in [3.63, 3.8) is 0 Å². The van der Waals surface area contributed by atoms with Gasteiger partial charge in [-0.2, -0.15) is 11.8 Å². The average molecular weight is 264 g/mol. The number of thioether (sulfide) groups is 1. The van der Waals surface area contributed by atoms with Crippen LogP contribution in [0.1, 0.15) is 24.7 Å². The third-order valence-corrected chi connectivity index (χ3v) is 3.67. The van der Waals surface area contributed by atoms with E-state index in [9.17, 15) is 4.79 Å². The van der Waals surface area contributed by atoms with E-state index in [2.05, 4.69) is 29.0 Å². The van der Waals surface area contributed by atoms with E-state index >= 15 is 0 Å². The Balaban J connectivity index is 1.99. The van der Waals surface area contributed by atoms with Crippen molar-refractivity contribution in [1.82, 2.24) is 9.97 Å². The number of nitrogens with one attached hydrogen (secondary N) is 1. The van der Waals surface area contributed by atoms with Crippen LogP contribution in [-0.4, -0.2) is 26.8 Å². The molecule has 0 bridgehead atoms. The lowest BCUT2D eigenvalue weighted by Gasteiger charge is -1.95. The van der Waals surface area contributed by atoms with Gasteiger partial charge in [-0.15, -0.1) is 0 Å². The van der Waals surface area contributed by atoms with Crippen LogP contribution in [-0.2, 0) is 17.0 Å². The molecule has 5 heteroatoms. The topological polar surface area (TPSA) is 66.0 Å². The quantitative estimate of drug-likeness (QED) is 0.787. The van der Waals surface area contributed by atoms with E-state index in [4.69, 9.17) is 5.11 Å². The zero-order valence-corrected chi connectivity index (χ0v) is 11.1. The van der Waals surface area contributed by atoms with Gasteiger partial charge in [-0.3, -0.25) is 4.79 Å². The molecule has 0 aliphatic rings. The molecule has 0 fully saturated rings. The van der Waals surface area contributed by atoms with Crippen LogP contribution < -0.4 is 0 Å². The predicted octanol–water partition coefficient (Wildman–Crippen LogP) is 2.83. The molecule has 1 heterocycles. The standard InChI is InChI=1S/C13H16N2O2S/c1-2-9-3-4-10-11(7-9)15-12(14-10)8-18-6-5-13(16)17/h3-4,7H,2,5-6,8H2,1H3,(H,14,15)(H,16,17). The number of imidazole rings is 1. The lowest BCUT2D eigenvalue weighted by atomic mass is 10.1. The van der Waals surface area contributed by atoms with Crippen molar-refractivity contribution in [1.29, 1.82) is 0 Å². The van der Waals surface area contributed by atoms with Gasteiger partial charge in [0.05, 0.1) is 23.2 Å². The molecule has 1 aromatic carbocycles. The molecule has 0 aliphatic carbocycles. The van der Waals surface area contributed by atoms with Crippen LogP contribution >= 0.6 is 11.8 Å². The summed E-state index contributed by atoms with van der Waals surface area (Å²) < 4.78 is 0. The van der Waals surface area contributed by atoms with Gasteiger partial charge in [-0.25, -0.2) is 4.98 Å². The second kappa shape index (κ2) is 5.91. The minimum Gasteiger partial charge on any atom is -0.481 e. The van der Waals surface area contributed by atoms with Gasteiger partial charge in [0.15, 0.2) is 0 Å². The van der Waals surface area contributed by atoms with Gasteiger partial charge in [0.25, 0.3) is 0 Å². The molecule has 1 aromatic heterocycles. The Hall–Kier alpha value is -1.49. The van der Waals surface area contributed by atoms with Gasteiger partial charge in [0, 0.05) is 5.75 Å². The summed E-state index contributed by atoms with van der Waals surface area (Å²) in [6.07, 6.45) is 1.21. The first-order chi connectivity index (χ1) is 8.69. The van der Waals surface area contributed by atoms with E-state index in [1.165, 1.54) is 5.56 Å². The first-order valence-corrected chi connectivity index (χ1v) is 7.11. The number of aromatic amines is 1. The number of aryl methyl sites for hydroxylation is 1. The van der Waals surface area contributed by atoms with Gasteiger partial charge in [-0.05, 0) is 24.1 Å². The summed E-state index contributed by atoms with van der Waals surface area (Å²) in [4.78, 5) is 18.1. The van der Waals surface area contributed by atoms with E-state index in [0.717, 1.165) is 29.0 Å². The second-order valence-corrected chi connectivity index (χ2v) is 5.19. The fourth-order valence-electron chi connectivity index (χ4n) is 1.73. The Morgan fingerprint density at radius 1 is 1.50 bits per heavy atom. The highest BCUT2D eigenvalue weighted by Gasteiger charge is 2.04. The smallest absolute Gasteiger partial charge is 0.304 e. The molecular formula is C13H16N2O2S. The van der Waals surface area contributed by atoms with Crippen LogP contribution in [0.3, 0.4) is 0 Å². The monoisotopic (exact) mass is 264 g/mol. The molecule has 96 valence electrons. The van der Waals surface area contributed by atoms with E-state index in [0.29, 0.717) is 5.75 Å². The Morgan fingerprint density at radius 3 is 3.06 bits per heavy atom. The van der Waals surface area contributed by atoms with E-state index in [-0.39, 0.29) is 6.42 Å². The number of hydrogen-bond donors (Lipinski definition) is 2. The van der Waals surface area contributed by atoms with Gasteiger partial charge in [0.2, 0.25) is 0 Å². The molecule has 0 spiro atoms. The number of hydrogen-bond acceptors (Lipinski definition) is 3. The van der Waals surface area contributed by atoms with Crippen molar-refractivity contribution in [2.75, 3.05) is 5.75 Å². The Kier molecular flexibility index (Phi) is 4.25. The van der Waals surface area contributed by atoms with Gasteiger partial charge < -0.3 is 10.1 Å². The van der Waals surface area contributed by atoms with Crippen molar-refractivity contribution in [2.24, 2.45) is 0 Å². The van der Waals surface area contributed by atoms with Crippen molar-refractivity contribution in [2.45, 2.75) is 25.5 Å². The molecule has 0 saturated carbocycles. The number of nitrogens with zero attached hydrogens (tertiary/aromatic N) is 1. The lowest BCUT2D eigenvalue weighted by molar-refractivity contribution is -0.136. The molecule has 0 aliphatic heterocycles. The van der Waals surface area contributed by atoms with Crippen LogP contribution in [0, 0.1) is 0 Å². The highest BCUT2D eigenvalue weighted by molar-refractivity contribution is 7.98. The number of H-pyrrole nitrogens is 1. The number of carboxylic acids is 1. The summed E-state index contributed by atoms with van der Waals surface area (Å²) in [5.74, 6) is 1.50. The summed E-state index contributed by atoms with van der Waals surface area (Å²) in [6, 6.07) is 6.23. The van der Waals surface area contributed by atoms with Crippen molar-refractivity contribution in [3.05, 3.63) is 29.6 Å². The molecular weight excluding hydrogens is 248 g/mol. The zero-order chi connectivity index (χ0) is 13.0. The first kappa shape index (κ1) is 13.0. The molecule has 2 aromatic rings. The maximum absolute atomic E-state index is 10.4. The predicted molar refractivity (Wildman–Crippen MR) is 73.9 cm³/mol. The summed E-state index contributed by atoms with van der Waals surface area (Å²) in [5, 5.41) is 8.55. The highest BCUT2D eigenvalue weighted by atomic mass is 32.2. The van der Waals surface area contributed by atoms with Gasteiger partial charge in [0.1, 0.15) is 5.82 Å². The van der Waals surface area contributed by atoms with E-state index in [1.54, 1.807) is 11.8 Å². The molecule has 2 N–H and O–H groups in total. The molecule has 0 atom stereocenters. The number of aliphatic carboxylic acids is 1. The van der Waals surface area contributed by atoms with Crippen LogP contribution in [0.5, 0.6) is 0 Å². The van der Waals surface area contributed by atoms with Crippen LogP contribution in [0.25, 0.3) is 11.0 Å². The van der Waals surface area contributed by atoms with Crippen LogP contribution in [0.15, 0.2) is 18.2 Å². The lowest BCUT2D eigenvalue weighted by Crippen LogP contribution is -1.96. The van der Waals surface area contributed by atoms with Crippen LogP contribution in [0.2, 0.25) is 0 Å². The van der Waals surface area contributed by atoms with Crippen LogP contribution in [0.4, 0.5) is 0 Å². The summed E-state index contributed by atoms with van der Waals surface area (Å²) in [7, 11) is 0. The number of benzene rings is 1. The Bertz CT molecular complexity index is 551. The summed E-state index contributed by atoms with van der Waals surface area (Å²) in [5.41, 5.74) is 3.32. The summed E-state index contributed by atoms with van der Waals surface area (Å²) in [6.45, 7) is 2.13. The number of rotatable bonds is 6. The fraction of sp³-hybridized carbons (Fsp3) is 0.385. The number of aromatic nitrogens is 2. The largest absolute Gasteiger partial charge is 0.481 e. The number of fused-ring (bicyclic) bond motifs is 1. The molecule has 0 radical (unpaired) electrons. The first-order valence-electron chi connectivity index (χ1n) is 5.96. The zero-order valence-electron chi connectivity index (χ0n) is 10.3. The van der Waals surface area contributed by atoms with E-state index in [1.807, 2.05) is 6.07 Å². The Morgan fingerprint density at radius 2 is 2.33 bits per heavy atom. The molecule has 4 nitrogen and oxygen atoms in total. The van der Waals surface area contributed by atoms with E-state index < -0.39 is 5.97 Å². The average Bonchev–Trinajstić information content (AvgIpc) is 2.75. The highest BCUT2D eigenvalue weighted by Crippen LogP contribution is 2.17. The molecule has 0 amide bonds. The SMILES string of the molecule is CCc1ccc2nc(CSCCC(=O)O)[nH]c2c1. The maximum Gasteiger partial charge on any atom is 0.304 e. The number of carboxylic acid groups (broad SMARTS) is 1. The maximum atomic E-state index is 10.4. The molecule has 0 saturated heterocycles. The van der Waals surface area contributed by atoms with Crippen molar-refractivity contribution >= 4 is 28.8 Å². The fourth-order valence-corrected chi connectivity index (χ4v) is 2.52. The molecule has 2 rings (SSSR count). The number of carbonyl (C=O) groups is 1.